The standard InChI is InChI=1S/C12H16N2O/c1-3-15-7-6-14-12-8-10(2)4-5-11(12)9-13/h4-5,8,14H,3,6-7H2,1-2H3. The fraction of sp³-hybridized carbons (Fsp3) is 0.417. The van der Waals surface area contributed by atoms with Crippen LogP contribution in [0.2, 0.25) is 0 Å². The predicted molar refractivity (Wildman–Crippen MR) is 60.9 cm³/mol. The van der Waals surface area contributed by atoms with Crippen molar-refractivity contribution in [3.8, 4) is 6.07 Å². The average Bonchev–Trinajstić information content (AvgIpc) is 2.25. The molecule has 1 aromatic rings. The molecule has 0 saturated heterocycles. The lowest BCUT2D eigenvalue weighted by molar-refractivity contribution is 0.158. The molecule has 15 heavy (non-hydrogen) atoms. The van der Waals surface area contributed by atoms with Gasteiger partial charge >= 0.3 is 0 Å². The number of benzene rings is 1. The van der Waals surface area contributed by atoms with Crippen LogP contribution in [0.4, 0.5) is 5.69 Å². The zero-order chi connectivity index (χ0) is 11.1. The Morgan fingerprint density at radius 1 is 1.47 bits per heavy atom. The minimum atomic E-state index is 0.662. The van der Waals surface area contributed by atoms with Crippen LogP contribution in [-0.4, -0.2) is 19.8 Å². The van der Waals surface area contributed by atoms with Crippen molar-refractivity contribution >= 4 is 5.69 Å². The number of nitrogens with one attached hydrogen (secondary N) is 1. The predicted octanol–water partition coefficient (Wildman–Crippen LogP) is 2.32. The summed E-state index contributed by atoms with van der Waals surface area (Å²) in [4.78, 5) is 0. The highest BCUT2D eigenvalue weighted by molar-refractivity contribution is 5.58. The molecule has 0 aliphatic rings. The molecule has 0 amide bonds. The third-order valence-corrected chi connectivity index (χ3v) is 2.06. The summed E-state index contributed by atoms with van der Waals surface area (Å²) >= 11 is 0. The Kier molecular flexibility index (Phi) is 4.65. The molecule has 0 heterocycles. The molecule has 0 saturated carbocycles. The van der Waals surface area contributed by atoms with Crippen molar-refractivity contribution in [1.29, 1.82) is 5.26 Å². The van der Waals surface area contributed by atoms with E-state index in [-0.39, 0.29) is 0 Å². The molecule has 0 radical (unpaired) electrons. The molecule has 3 nitrogen and oxygen atoms in total. The summed E-state index contributed by atoms with van der Waals surface area (Å²) in [6, 6.07) is 7.91. The first-order valence-electron chi connectivity index (χ1n) is 5.10. The van der Waals surface area contributed by atoms with Crippen molar-refractivity contribution in [1.82, 2.24) is 0 Å². The van der Waals surface area contributed by atoms with Crippen LogP contribution in [0, 0.1) is 18.3 Å². The number of ether oxygens (including phenoxy) is 1. The number of hydrogen-bond acceptors (Lipinski definition) is 3. The highest BCUT2D eigenvalue weighted by Gasteiger charge is 2.00. The molecule has 1 rings (SSSR count). The van der Waals surface area contributed by atoms with Gasteiger partial charge in [0.2, 0.25) is 0 Å². The van der Waals surface area contributed by atoms with Crippen LogP contribution in [0.1, 0.15) is 18.1 Å². The lowest BCUT2D eigenvalue weighted by atomic mass is 10.1. The lowest BCUT2D eigenvalue weighted by Crippen LogP contribution is -2.10. The quantitative estimate of drug-likeness (QED) is 0.748. The van der Waals surface area contributed by atoms with Crippen molar-refractivity contribution in [3.63, 3.8) is 0 Å². The van der Waals surface area contributed by atoms with Crippen LogP contribution < -0.4 is 5.32 Å². The maximum Gasteiger partial charge on any atom is 0.101 e. The maximum atomic E-state index is 8.89. The highest BCUT2D eigenvalue weighted by atomic mass is 16.5. The Bertz CT molecular complexity index is 355. The molecule has 0 fully saturated rings. The molecule has 0 aliphatic carbocycles. The van der Waals surface area contributed by atoms with E-state index in [0.717, 1.165) is 24.4 Å². The molecule has 80 valence electrons. The number of rotatable bonds is 5. The Morgan fingerprint density at radius 2 is 2.27 bits per heavy atom. The normalized spacial score (nSPS) is 9.67. The van der Waals surface area contributed by atoms with E-state index in [4.69, 9.17) is 10.00 Å². The first-order valence-corrected chi connectivity index (χ1v) is 5.10. The van der Waals surface area contributed by atoms with Gasteiger partial charge in [-0.1, -0.05) is 6.07 Å². The number of nitriles is 1. The summed E-state index contributed by atoms with van der Waals surface area (Å²) in [5.74, 6) is 0. The van der Waals surface area contributed by atoms with Gasteiger partial charge < -0.3 is 10.1 Å². The maximum absolute atomic E-state index is 8.89. The Hall–Kier alpha value is -1.53. The van der Waals surface area contributed by atoms with Crippen LogP contribution in [-0.2, 0) is 4.74 Å². The van der Waals surface area contributed by atoms with Crippen molar-refractivity contribution in [3.05, 3.63) is 29.3 Å². The Balaban J connectivity index is 2.59. The van der Waals surface area contributed by atoms with E-state index in [9.17, 15) is 0 Å². The second kappa shape index (κ2) is 6.05. The van der Waals surface area contributed by atoms with Crippen LogP contribution in [0.25, 0.3) is 0 Å². The minimum Gasteiger partial charge on any atom is -0.382 e. The van der Waals surface area contributed by atoms with Gasteiger partial charge in [-0.2, -0.15) is 5.26 Å². The Morgan fingerprint density at radius 3 is 2.93 bits per heavy atom. The van der Waals surface area contributed by atoms with E-state index in [0.29, 0.717) is 12.2 Å². The summed E-state index contributed by atoms with van der Waals surface area (Å²) in [5, 5.41) is 12.1. The summed E-state index contributed by atoms with van der Waals surface area (Å²) in [5.41, 5.74) is 2.71. The second-order valence-corrected chi connectivity index (χ2v) is 3.28. The van der Waals surface area contributed by atoms with E-state index in [1.807, 2.05) is 32.0 Å². The van der Waals surface area contributed by atoms with Gasteiger partial charge in [0.25, 0.3) is 0 Å². The summed E-state index contributed by atoms with van der Waals surface area (Å²) in [7, 11) is 0. The fourth-order valence-corrected chi connectivity index (χ4v) is 1.30. The third kappa shape index (κ3) is 3.61. The van der Waals surface area contributed by atoms with Crippen molar-refractivity contribution in [2.24, 2.45) is 0 Å². The molecule has 0 unspecified atom stereocenters. The first-order chi connectivity index (χ1) is 7.27. The van der Waals surface area contributed by atoms with Gasteiger partial charge in [0, 0.05) is 13.2 Å². The van der Waals surface area contributed by atoms with Crippen LogP contribution >= 0.6 is 0 Å². The van der Waals surface area contributed by atoms with Gasteiger partial charge in [0.15, 0.2) is 0 Å². The van der Waals surface area contributed by atoms with Gasteiger partial charge in [-0.3, -0.25) is 0 Å². The van der Waals surface area contributed by atoms with E-state index in [2.05, 4.69) is 11.4 Å². The summed E-state index contributed by atoms with van der Waals surface area (Å²) < 4.78 is 5.21. The smallest absolute Gasteiger partial charge is 0.101 e. The van der Waals surface area contributed by atoms with E-state index in [1.54, 1.807) is 0 Å². The number of nitrogens with zero attached hydrogens (tertiary/aromatic N) is 1. The topological polar surface area (TPSA) is 45.0 Å². The van der Waals surface area contributed by atoms with E-state index in [1.165, 1.54) is 0 Å². The Labute approximate surface area is 90.7 Å². The first kappa shape index (κ1) is 11.5. The second-order valence-electron chi connectivity index (χ2n) is 3.28. The van der Waals surface area contributed by atoms with Gasteiger partial charge in [0.05, 0.1) is 17.9 Å². The number of aryl methyl sites for hydroxylation is 1. The largest absolute Gasteiger partial charge is 0.382 e. The number of anilines is 1. The van der Waals surface area contributed by atoms with Crippen LogP contribution in [0.15, 0.2) is 18.2 Å². The molecule has 0 bridgehead atoms. The zero-order valence-corrected chi connectivity index (χ0v) is 9.21. The average molecular weight is 204 g/mol. The molecule has 0 spiro atoms. The summed E-state index contributed by atoms with van der Waals surface area (Å²) in [6.45, 7) is 6.09. The minimum absolute atomic E-state index is 0.662. The van der Waals surface area contributed by atoms with E-state index >= 15 is 0 Å². The monoisotopic (exact) mass is 204 g/mol. The van der Waals surface area contributed by atoms with Crippen molar-refractivity contribution < 1.29 is 4.74 Å². The fourth-order valence-electron chi connectivity index (χ4n) is 1.30. The van der Waals surface area contributed by atoms with Gasteiger partial charge in [0.1, 0.15) is 6.07 Å². The molecule has 1 N–H and O–H groups in total. The molecule has 0 aliphatic heterocycles. The van der Waals surface area contributed by atoms with Crippen LogP contribution in [0.5, 0.6) is 0 Å². The SMILES string of the molecule is CCOCCNc1cc(C)ccc1C#N. The summed E-state index contributed by atoms with van der Waals surface area (Å²) in [6.07, 6.45) is 0. The lowest BCUT2D eigenvalue weighted by Gasteiger charge is -2.08. The zero-order valence-electron chi connectivity index (χ0n) is 9.21. The number of hydrogen-bond donors (Lipinski definition) is 1. The molecule has 3 heteroatoms. The van der Waals surface area contributed by atoms with Crippen molar-refractivity contribution in [2.75, 3.05) is 25.1 Å². The van der Waals surface area contributed by atoms with Gasteiger partial charge in [-0.25, -0.2) is 0 Å². The molecule has 1 aromatic carbocycles. The molecular formula is C12H16N2O. The van der Waals surface area contributed by atoms with Gasteiger partial charge in [-0.05, 0) is 31.5 Å². The van der Waals surface area contributed by atoms with E-state index < -0.39 is 0 Å². The molecule has 0 atom stereocenters. The molecule has 0 aromatic heterocycles. The van der Waals surface area contributed by atoms with Crippen molar-refractivity contribution in [2.45, 2.75) is 13.8 Å². The highest BCUT2D eigenvalue weighted by Crippen LogP contribution is 2.15. The van der Waals surface area contributed by atoms with Crippen LogP contribution in [0.3, 0.4) is 0 Å². The van der Waals surface area contributed by atoms with Gasteiger partial charge in [-0.15, -0.1) is 0 Å². The molecular weight excluding hydrogens is 188 g/mol. The third-order valence-electron chi connectivity index (χ3n) is 2.06.